The summed E-state index contributed by atoms with van der Waals surface area (Å²) >= 11 is 5.43. The molecule has 0 aliphatic heterocycles. The van der Waals surface area contributed by atoms with Crippen molar-refractivity contribution in [2.45, 2.75) is 19.0 Å². The molecule has 4 nitrogen and oxygen atoms in total. The van der Waals surface area contributed by atoms with Gasteiger partial charge in [-0.3, -0.25) is 9.59 Å². The van der Waals surface area contributed by atoms with Gasteiger partial charge in [-0.2, -0.15) is 13.2 Å². The topological polar surface area (TPSA) is 74.6 Å². The molecule has 1 rings (SSSR count). The van der Waals surface area contributed by atoms with Crippen LogP contribution in [0.25, 0.3) is 0 Å². The molecule has 1 unspecified atom stereocenters. The maximum absolute atomic E-state index is 12.6. The van der Waals surface area contributed by atoms with Crippen molar-refractivity contribution in [3.63, 3.8) is 0 Å². The van der Waals surface area contributed by atoms with Crippen LogP contribution < -0.4 is 0 Å². The highest BCUT2D eigenvalue weighted by Crippen LogP contribution is 2.35. The van der Waals surface area contributed by atoms with Crippen LogP contribution in [0.3, 0.4) is 0 Å². The maximum atomic E-state index is 12.6. The number of rotatable bonds is 5. The van der Waals surface area contributed by atoms with Crippen molar-refractivity contribution < 1.29 is 33.0 Å². The summed E-state index contributed by atoms with van der Waals surface area (Å²) in [4.78, 5) is 21.4. The monoisotopic (exact) mass is 310 g/mol. The van der Waals surface area contributed by atoms with Crippen LogP contribution in [0.15, 0.2) is 18.2 Å². The van der Waals surface area contributed by atoms with Crippen LogP contribution >= 0.6 is 11.6 Å². The zero-order valence-corrected chi connectivity index (χ0v) is 10.7. The molecule has 0 fully saturated rings. The Morgan fingerprint density at radius 2 is 1.85 bits per heavy atom. The molecule has 0 spiro atoms. The van der Waals surface area contributed by atoms with Crippen molar-refractivity contribution in [1.29, 1.82) is 0 Å². The van der Waals surface area contributed by atoms with Gasteiger partial charge < -0.3 is 10.2 Å². The number of carbonyl (C=O) groups is 2. The van der Waals surface area contributed by atoms with Crippen LogP contribution in [-0.2, 0) is 22.2 Å². The summed E-state index contributed by atoms with van der Waals surface area (Å²) in [6.07, 6.45) is -5.64. The lowest BCUT2D eigenvalue weighted by atomic mass is 9.95. The van der Waals surface area contributed by atoms with Gasteiger partial charge >= 0.3 is 18.1 Å². The normalized spacial score (nSPS) is 13.0. The fourth-order valence-electron chi connectivity index (χ4n) is 1.66. The third kappa shape index (κ3) is 4.41. The molecule has 110 valence electrons. The van der Waals surface area contributed by atoms with Crippen LogP contribution in [0.5, 0.6) is 0 Å². The predicted molar refractivity (Wildman–Crippen MR) is 63.5 cm³/mol. The van der Waals surface area contributed by atoms with Gasteiger partial charge in [0.15, 0.2) is 0 Å². The summed E-state index contributed by atoms with van der Waals surface area (Å²) in [5, 5.41) is 16.9. The Balaban J connectivity index is 3.02. The smallest absolute Gasteiger partial charge is 0.417 e. The SMILES string of the molecule is O=C(O)CC(Cc1ccc(Cl)c(C(F)(F)F)c1)C(=O)O. The molecular weight excluding hydrogens is 301 g/mol. The van der Waals surface area contributed by atoms with E-state index in [1.165, 1.54) is 6.07 Å². The van der Waals surface area contributed by atoms with Crippen LogP contribution in [0, 0.1) is 5.92 Å². The zero-order chi connectivity index (χ0) is 15.5. The Morgan fingerprint density at radius 1 is 1.25 bits per heavy atom. The van der Waals surface area contributed by atoms with Gasteiger partial charge in [-0.1, -0.05) is 17.7 Å². The largest absolute Gasteiger partial charge is 0.481 e. The van der Waals surface area contributed by atoms with E-state index in [9.17, 15) is 22.8 Å². The Bertz CT molecular complexity index is 528. The Hall–Kier alpha value is -1.76. The predicted octanol–water partition coefficient (Wildman–Crippen LogP) is 3.08. The minimum Gasteiger partial charge on any atom is -0.481 e. The molecule has 20 heavy (non-hydrogen) atoms. The number of carboxylic acids is 2. The van der Waals surface area contributed by atoms with Gasteiger partial charge in [0.05, 0.1) is 22.9 Å². The molecule has 0 aliphatic carbocycles. The zero-order valence-electron chi connectivity index (χ0n) is 9.95. The van der Waals surface area contributed by atoms with Crippen LogP contribution in [0.1, 0.15) is 17.5 Å². The van der Waals surface area contributed by atoms with Gasteiger partial charge in [-0.05, 0) is 24.1 Å². The van der Waals surface area contributed by atoms with Crippen molar-refractivity contribution in [2.75, 3.05) is 0 Å². The summed E-state index contributed by atoms with van der Waals surface area (Å²) in [5.74, 6) is -4.01. The van der Waals surface area contributed by atoms with E-state index in [4.69, 9.17) is 21.8 Å². The van der Waals surface area contributed by atoms with E-state index in [1.54, 1.807) is 0 Å². The van der Waals surface area contributed by atoms with Gasteiger partial charge in [0, 0.05) is 0 Å². The van der Waals surface area contributed by atoms with Gasteiger partial charge in [-0.15, -0.1) is 0 Å². The summed E-state index contributed by atoms with van der Waals surface area (Å²) in [6, 6.07) is 2.99. The number of halogens is 4. The lowest BCUT2D eigenvalue weighted by molar-refractivity contribution is -0.148. The molecule has 0 saturated carbocycles. The molecular formula is C12H10ClF3O4. The quantitative estimate of drug-likeness (QED) is 0.876. The Kier molecular flexibility index (Phi) is 4.99. The number of hydrogen-bond donors (Lipinski definition) is 2. The summed E-state index contributed by atoms with van der Waals surface area (Å²) in [7, 11) is 0. The van der Waals surface area contributed by atoms with Crippen molar-refractivity contribution in [3.05, 3.63) is 34.3 Å². The van der Waals surface area contributed by atoms with Crippen molar-refractivity contribution in [1.82, 2.24) is 0 Å². The summed E-state index contributed by atoms with van der Waals surface area (Å²) in [6.45, 7) is 0. The first kappa shape index (κ1) is 16.3. The summed E-state index contributed by atoms with van der Waals surface area (Å²) in [5.41, 5.74) is -1.01. The molecule has 2 N–H and O–H groups in total. The average molecular weight is 311 g/mol. The molecule has 0 saturated heterocycles. The van der Waals surface area contributed by atoms with Crippen LogP contribution in [-0.4, -0.2) is 22.2 Å². The molecule has 0 amide bonds. The number of carboxylic acid groups (broad SMARTS) is 2. The fraction of sp³-hybridized carbons (Fsp3) is 0.333. The minimum absolute atomic E-state index is 0.0652. The summed E-state index contributed by atoms with van der Waals surface area (Å²) < 4.78 is 37.9. The highest BCUT2D eigenvalue weighted by molar-refractivity contribution is 6.31. The van der Waals surface area contributed by atoms with Crippen molar-refractivity contribution in [2.24, 2.45) is 5.92 Å². The molecule has 0 radical (unpaired) electrons. The van der Waals surface area contributed by atoms with Crippen molar-refractivity contribution in [3.8, 4) is 0 Å². The Morgan fingerprint density at radius 3 is 2.30 bits per heavy atom. The van der Waals surface area contributed by atoms with E-state index in [1.807, 2.05) is 0 Å². The maximum Gasteiger partial charge on any atom is 0.417 e. The fourth-order valence-corrected chi connectivity index (χ4v) is 1.88. The van der Waals surface area contributed by atoms with Crippen molar-refractivity contribution >= 4 is 23.5 Å². The first-order valence-electron chi connectivity index (χ1n) is 5.41. The lowest BCUT2D eigenvalue weighted by Crippen LogP contribution is -2.20. The number of benzene rings is 1. The molecule has 8 heteroatoms. The van der Waals surface area contributed by atoms with Gasteiger partial charge in [0.25, 0.3) is 0 Å². The Labute approximate surface area is 116 Å². The number of aliphatic carboxylic acids is 2. The molecule has 0 bridgehead atoms. The first-order valence-corrected chi connectivity index (χ1v) is 5.79. The first-order chi connectivity index (χ1) is 9.11. The third-order valence-electron chi connectivity index (χ3n) is 2.59. The van der Waals surface area contributed by atoms with Crippen LogP contribution in [0.2, 0.25) is 5.02 Å². The highest BCUT2D eigenvalue weighted by atomic mass is 35.5. The highest BCUT2D eigenvalue weighted by Gasteiger charge is 2.33. The van der Waals surface area contributed by atoms with Crippen LogP contribution in [0.4, 0.5) is 13.2 Å². The molecule has 1 atom stereocenters. The van der Waals surface area contributed by atoms with E-state index >= 15 is 0 Å². The van der Waals surface area contributed by atoms with Gasteiger partial charge in [0.1, 0.15) is 0 Å². The standard InChI is InChI=1S/C12H10ClF3O4/c13-9-2-1-6(4-8(9)12(14,15)16)3-7(11(19)20)5-10(17)18/h1-2,4,7H,3,5H2,(H,17,18)(H,19,20). The average Bonchev–Trinajstić information content (AvgIpc) is 2.28. The molecule has 0 aliphatic rings. The third-order valence-corrected chi connectivity index (χ3v) is 2.92. The van der Waals surface area contributed by atoms with E-state index < -0.39 is 41.0 Å². The van der Waals surface area contributed by atoms with E-state index in [2.05, 4.69) is 0 Å². The second kappa shape index (κ2) is 6.13. The molecule has 1 aromatic rings. The van der Waals surface area contributed by atoms with Gasteiger partial charge in [-0.25, -0.2) is 0 Å². The lowest BCUT2D eigenvalue weighted by Gasteiger charge is -2.13. The second-order valence-electron chi connectivity index (χ2n) is 4.15. The molecule has 0 aromatic heterocycles. The van der Waals surface area contributed by atoms with Gasteiger partial charge in [0.2, 0.25) is 0 Å². The van der Waals surface area contributed by atoms with E-state index in [0.29, 0.717) is 0 Å². The van der Waals surface area contributed by atoms with E-state index in [-0.39, 0.29) is 12.0 Å². The molecule has 0 heterocycles. The molecule has 1 aromatic carbocycles. The number of hydrogen-bond acceptors (Lipinski definition) is 2. The minimum atomic E-state index is -4.65. The van der Waals surface area contributed by atoms with E-state index in [0.717, 1.165) is 12.1 Å². The number of alkyl halides is 3. The second-order valence-corrected chi connectivity index (χ2v) is 4.56.